The summed E-state index contributed by atoms with van der Waals surface area (Å²) < 4.78 is 5.00. The lowest BCUT2D eigenvalue weighted by Crippen LogP contribution is -2.36. The van der Waals surface area contributed by atoms with Crippen LogP contribution in [0.5, 0.6) is 0 Å². The molecule has 3 nitrogen and oxygen atoms in total. The van der Waals surface area contributed by atoms with Gasteiger partial charge >= 0.3 is 0 Å². The quantitative estimate of drug-likeness (QED) is 0.346. The topological polar surface area (TPSA) is 47.3 Å². The Morgan fingerprint density at radius 1 is 1.46 bits per heavy atom. The van der Waals surface area contributed by atoms with Crippen molar-refractivity contribution in [2.24, 2.45) is 11.8 Å². The molecule has 0 spiro atoms. The molecule has 3 heteroatoms. The molecule has 80 valence electrons. The molecular formula is C10H24N2O. The molecule has 13 heavy (non-hydrogen) atoms. The van der Waals surface area contributed by atoms with Crippen LogP contribution in [-0.2, 0) is 4.74 Å². The molecule has 0 aliphatic rings. The molecule has 0 rings (SSSR count). The van der Waals surface area contributed by atoms with E-state index in [-0.39, 0.29) is 0 Å². The molecule has 0 fully saturated rings. The summed E-state index contributed by atoms with van der Waals surface area (Å²) in [6, 6.07) is 0.449. The number of hydrogen-bond donors (Lipinski definition) is 2. The van der Waals surface area contributed by atoms with Gasteiger partial charge in [-0.25, -0.2) is 0 Å². The molecule has 2 unspecified atom stereocenters. The zero-order valence-corrected chi connectivity index (χ0v) is 9.18. The van der Waals surface area contributed by atoms with Gasteiger partial charge in [0.15, 0.2) is 0 Å². The normalized spacial score (nSPS) is 15.7. The van der Waals surface area contributed by atoms with Crippen molar-refractivity contribution in [3.63, 3.8) is 0 Å². The van der Waals surface area contributed by atoms with Crippen molar-refractivity contribution < 1.29 is 4.74 Å². The molecule has 0 bridgehead atoms. The zero-order valence-electron chi connectivity index (χ0n) is 9.18. The van der Waals surface area contributed by atoms with Crippen molar-refractivity contribution in [1.82, 2.24) is 5.43 Å². The number of hydrazine groups is 1. The minimum absolute atomic E-state index is 0.449. The van der Waals surface area contributed by atoms with Crippen molar-refractivity contribution in [1.29, 1.82) is 0 Å². The second kappa shape index (κ2) is 8.48. The Morgan fingerprint density at radius 2 is 2.15 bits per heavy atom. The molecule has 0 saturated carbocycles. The number of methoxy groups -OCH3 is 1. The van der Waals surface area contributed by atoms with E-state index < -0.39 is 0 Å². The highest BCUT2D eigenvalue weighted by Crippen LogP contribution is 2.12. The van der Waals surface area contributed by atoms with E-state index in [4.69, 9.17) is 10.6 Å². The number of rotatable bonds is 8. The lowest BCUT2D eigenvalue weighted by atomic mass is 9.97. The SMILES string of the molecule is CCC(C)CC(CCCOC)NN. The van der Waals surface area contributed by atoms with Gasteiger partial charge in [-0.15, -0.1) is 0 Å². The van der Waals surface area contributed by atoms with Crippen LogP contribution in [-0.4, -0.2) is 19.8 Å². The Kier molecular flexibility index (Phi) is 8.40. The number of hydrogen-bond acceptors (Lipinski definition) is 3. The highest BCUT2D eigenvalue weighted by molar-refractivity contribution is 4.66. The van der Waals surface area contributed by atoms with Gasteiger partial charge in [-0.05, 0) is 25.2 Å². The van der Waals surface area contributed by atoms with Crippen molar-refractivity contribution in [2.75, 3.05) is 13.7 Å². The van der Waals surface area contributed by atoms with Crippen LogP contribution in [0.2, 0.25) is 0 Å². The van der Waals surface area contributed by atoms with Gasteiger partial charge in [0.1, 0.15) is 0 Å². The number of ether oxygens (including phenoxy) is 1. The Morgan fingerprint density at radius 3 is 2.62 bits per heavy atom. The summed E-state index contributed by atoms with van der Waals surface area (Å²) >= 11 is 0. The number of nitrogens with two attached hydrogens (primary N) is 1. The van der Waals surface area contributed by atoms with Crippen LogP contribution in [0.25, 0.3) is 0 Å². The van der Waals surface area contributed by atoms with Crippen LogP contribution in [0.4, 0.5) is 0 Å². The first-order valence-corrected chi connectivity index (χ1v) is 5.19. The van der Waals surface area contributed by atoms with Crippen molar-refractivity contribution >= 4 is 0 Å². The molecule has 0 aliphatic heterocycles. The summed E-state index contributed by atoms with van der Waals surface area (Å²) in [5, 5.41) is 0. The van der Waals surface area contributed by atoms with Gasteiger partial charge in [0.05, 0.1) is 0 Å². The van der Waals surface area contributed by atoms with E-state index in [1.165, 1.54) is 6.42 Å². The lowest BCUT2D eigenvalue weighted by Gasteiger charge is -2.19. The smallest absolute Gasteiger partial charge is 0.0462 e. The Hall–Kier alpha value is -0.120. The molecule has 0 radical (unpaired) electrons. The van der Waals surface area contributed by atoms with Gasteiger partial charge < -0.3 is 4.74 Å². The fourth-order valence-electron chi connectivity index (χ4n) is 1.40. The molecule has 0 aromatic heterocycles. The van der Waals surface area contributed by atoms with Crippen LogP contribution < -0.4 is 11.3 Å². The molecule has 3 N–H and O–H groups in total. The predicted octanol–water partition coefficient (Wildman–Crippen LogP) is 1.68. The Labute approximate surface area is 82.0 Å². The molecule has 2 atom stereocenters. The molecule has 0 aromatic carbocycles. The molecular weight excluding hydrogens is 164 g/mol. The summed E-state index contributed by atoms with van der Waals surface area (Å²) in [7, 11) is 1.74. The fraction of sp³-hybridized carbons (Fsp3) is 1.00. The van der Waals surface area contributed by atoms with Gasteiger partial charge in [0.2, 0.25) is 0 Å². The maximum Gasteiger partial charge on any atom is 0.0462 e. The van der Waals surface area contributed by atoms with Crippen LogP contribution in [0.3, 0.4) is 0 Å². The minimum atomic E-state index is 0.449. The van der Waals surface area contributed by atoms with Crippen molar-refractivity contribution in [3.05, 3.63) is 0 Å². The second-order valence-corrected chi connectivity index (χ2v) is 3.75. The van der Waals surface area contributed by atoms with Crippen LogP contribution in [0, 0.1) is 5.92 Å². The minimum Gasteiger partial charge on any atom is -0.385 e. The third-order valence-electron chi connectivity index (χ3n) is 2.52. The first-order valence-electron chi connectivity index (χ1n) is 5.19. The first kappa shape index (κ1) is 12.9. The average molecular weight is 188 g/mol. The van der Waals surface area contributed by atoms with E-state index in [9.17, 15) is 0 Å². The monoisotopic (exact) mass is 188 g/mol. The van der Waals surface area contributed by atoms with E-state index in [1.807, 2.05) is 0 Å². The summed E-state index contributed by atoms with van der Waals surface area (Å²) in [4.78, 5) is 0. The van der Waals surface area contributed by atoms with E-state index in [0.29, 0.717) is 6.04 Å². The fourth-order valence-corrected chi connectivity index (χ4v) is 1.40. The Balaban J connectivity index is 3.50. The summed E-state index contributed by atoms with van der Waals surface area (Å²) in [6.07, 6.45) is 4.58. The summed E-state index contributed by atoms with van der Waals surface area (Å²) in [5.41, 5.74) is 2.87. The van der Waals surface area contributed by atoms with Gasteiger partial charge in [-0.3, -0.25) is 11.3 Å². The maximum absolute atomic E-state index is 5.47. The largest absolute Gasteiger partial charge is 0.385 e. The zero-order chi connectivity index (χ0) is 10.1. The molecule has 0 saturated heterocycles. The summed E-state index contributed by atoms with van der Waals surface area (Å²) in [6.45, 7) is 5.31. The third-order valence-corrected chi connectivity index (χ3v) is 2.52. The van der Waals surface area contributed by atoms with Gasteiger partial charge in [-0.1, -0.05) is 20.3 Å². The molecule has 0 heterocycles. The number of nitrogens with one attached hydrogen (secondary N) is 1. The standard InChI is InChI=1S/C10H24N2O/c1-4-9(2)8-10(12-11)6-5-7-13-3/h9-10,12H,4-8,11H2,1-3H3. The van der Waals surface area contributed by atoms with E-state index >= 15 is 0 Å². The third kappa shape index (κ3) is 6.99. The second-order valence-electron chi connectivity index (χ2n) is 3.75. The lowest BCUT2D eigenvalue weighted by molar-refractivity contribution is 0.186. The van der Waals surface area contributed by atoms with Gasteiger partial charge in [0, 0.05) is 19.8 Å². The highest BCUT2D eigenvalue weighted by atomic mass is 16.5. The molecule has 0 amide bonds. The van der Waals surface area contributed by atoms with Crippen LogP contribution >= 0.6 is 0 Å². The van der Waals surface area contributed by atoms with Crippen molar-refractivity contribution in [3.8, 4) is 0 Å². The summed E-state index contributed by atoms with van der Waals surface area (Å²) in [5.74, 6) is 6.22. The van der Waals surface area contributed by atoms with E-state index in [1.54, 1.807) is 7.11 Å². The predicted molar refractivity (Wildman–Crippen MR) is 56.3 cm³/mol. The van der Waals surface area contributed by atoms with E-state index in [0.717, 1.165) is 31.8 Å². The van der Waals surface area contributed by atoms with Crippen molar-refractivity contribution in [2.45, 2.75) is 45.6 Å². The molecule has 0 aromatic rings. The van der Waals surface area contributed by atoms with Gasteiger partial charge in [-0.2, -0.15) is 0 Å². The van der Waals surface area contributed by atoms with E-state index in [2.05, 4.69) is 19.3 Å². The molecule has 0 aliphatic carbocycles. The maximum atomic E-state index is 5.47. The Bertz CT molecular complexity index is 109. The van der Waals surface area contributed by atoms with Gasteiger partial charge in [0.25, 0.3) is 0 Å². The van der Waals surface area contributed by atoms with Crippen LogP contribution in [0.15, 0.2) is 0 Å². The highest BCUT2D eigenvalue weighted by Gasteiger charge is 2.09. The van der Waals surface area contributed by atoms with Crippen LogP contribution in [0.1, 0.15) is 39.5 Å². The average Bonchev–Trinajstić information content (AvgIpc) is 2.16. The first-order chi connectivity index (χ1) is 6.24.